The quantitative estimate of drug-likeness (QED) is 0.543. The number of nitrogens with zero attached hydrogens (tertiary/aromatic N) is 5. The first-order chi connectivity index (χ1) is 15.2. The molecule has 2 aromatic heterocycles. The SMILES string of the molecule is COc1cc(Nc2nc(Br)cn3ccnc23)ccc1N1CCN(C(=O)O)C(C(C)(C)C)C1. The fraction of sp³-hybridized carbons (Fsp3) is 0.409. The molecule has 170 valence electrons. The second-order valence-electron chi connectivity index (χ2n) is 8.89. The van der Waals surface area contributed by atoms with Crippen LogP contribution in [0.4, 0.5) is 22.0 Å². The van der Waals surface area contributed by atoms with Crippen LogP contribution in [0.2, 0.25) is 0 Å². The predicted molar refractivity (Wildman–Crippen MR) is 127 cm³/mol. The Balaban J connectivity index is 1.61. The number of nitrogens with one attached hydrogen (secondary N) is 1. The van der Waals surface area contributed by atoms with Gasteiger partial charge in [0.25, 0.3) is 0 Å². The van der Waals surface area contributed by atoms with Crippen molar-refractivity contribution >= 4 is 44.9 Å². The number of ether oxygens (including phenoxy) is 1. The van der Waals surface area contributed by atoms with Crippen LogP contribution in [0.15, 0.2) is 41.4 Å². The first kappa shape index (κ1) is 22.2. The van der Waals surface area contributed by atoms with E-state index in [9.17, 15) is 9.90 Å². The Bertz CT molecular complexity index is 1140. The number of hydrogen-bond donors (Lipinski definition) is 2. The van der Waals surface area contributed by atoms with Crippen molar-refractivity contribution in [1.29, 1.82) is 0 Å². The molecule has 0 bridgehead atoms. The number of carboxylic acid groups (broad SMARTS) is 1. The lowest BCUT2D eigenvalue weighted by Crippen LogP contribution is -2.59. The molecule has 1 fully saturated rings. The van der Waals surface area contributed by atoms with Gasteiger partial charge in [-0.15, -0.1) is 0 Å². The van der Waals surface area contributed by atoms with Crippen LogP contribution in [0, 0.1) is 5.41 Å². The Labute approximate surface area is 195 Å². The van der Waals surface area contributed by atoms with E-state index in [0.29, 0.717) is 41.5 Å². The summed E-state index contributed by atoms with van der Waals surface area (Å²) in [6.07, 6.45) is 4.56. The number of piperazine rings is 1. The first-order valence-corrected chi connectivity index (χ1v) is 11.2. The van der Waals surface area contributed by atoms with E-state index in [4.69, 9.17) is 4.74 Å². The van der Waals surface area contributed by atoms with E-state index in [1.165, 1.54) is 0 Å². The van der Waals surface area contributed by atoms with Crippen molar-refractivity contribution < 1.29 is 14.6 Å². The first-order valence-electron chi connectivity index (χ1n) is 10.4. The zero-order chi connectivity index (χ0) is 23.0. The molecule has 0 radical (unpaired) electrons. The molecule has 1 aromatic carbocycles. The second kappa shape index (κ2) is 8.50. The molecule has 0 aliphatic carbocycles. The Morgan fingerprint density at radius 3 is 2.78 bits per heavy atom. The molecular weight excluding hydrogens is 476 g/mol. The third-order valence-electron chi connectivity index (χ3n) is 5.75. The molecule has 1 saturated heterocycles. The zero-order valence-corrected chi connectivity index (χ0v) is 20.1. The van der Waals surface area contributed by atoms with Gasteiger partial charge in [0.05, 0.1) is 18.8 Å². The van der Waals surface area contributed by atoms with Crippen molar-refractivity contribution in [2.24, 2.45) is 5.41 Å². The van der Waals surface area contributed by atoms with E-state index >= 15 is 0 Å². The average molecular weight is 503 g/mol. The highest BCUT2D eigenvalue weighted by Gasteiger charge is 2.38. The molecule has 0 saturated carbocycles. The molecule has 3 heterocycles. The summed E-state index contributed by atoms with van der Waals surface area (Å²) in [5.74, 6) is 1.34. The lowest BCUT2D eigenvalue weighted by Gasteiger charge is -2.46. The third kappa shape index (κ3) is 4.32. The van der Waals surface area contributed by atoms with Crippen LogP contribution >= 0.6 is 15.9 Å². The smallest absolute Gasteiger partial charge is 0.407 e. The van der Waals surface area contributed by atoms with Gasteiger partial charge < -0.3 is 29.4 Å². The van der Waals surface area contributed by atoms with Crippen LogP contribution < -0.4 is 15.0 Å². The van der Waals surface area contributed by atoms with Crippen LogP contribution in [-0.2, 0) is 0 Å². The summed E-state index contributed by atoms with van der Waals surface area (Å²) in [7, 11) is 1.64. The van der Waals surface area contributed by atoms with Gasteiger partial charge in [0.15, 0.2) is 11.5 Å². The molecule has 10 heteroatoms. The standard InChI is InChI=1S/C22H27BrN6O3/c1-22(2,3)17-12-27(9-10-29(17)21(30)31)15-6-5-14(11-16(15)32-4)25-19-20-24-7-8-28(20)13-18(23)26-19/h5-8,11,13,17H,9-10,12H2,1-4H3,(H,25,26)(H,30,31). The fourth-order valence-electron chi connectivity index (χ4n) is 4.11. The van der Waals surface area contributed by atoms with Gasteiger partial charge in [-0.3, -0.25) is 0 Å². The summed E-state index contributed by atoms with van der Waals surface area (Å²) < 4.78 is 8.29. The number of imidazole rings is 1. The van der Waals surface area contributed by atoms with Crippen LogP contribution in [0.1, 0.15) is 20.8 Å². The van der Waals surface area contributed by atoms with Gasteiger partial charge >= 0.3 is 6.09 Å². The summed E-state index contributed by atoms with van der Waals surface area (Å²) in [6.45, 7) is 7.86. The summed E-state index contributed by atoms with van der Waals surface area (Å²) in [5.41, 5.74) is 2.28. The summed E-state index contributed by atoms with van der Waals surface area (Å²) in [6, 6.07) is 5.76. The van der Waals surface area contributed by atoms with Gasteiger partial charge in [0, 0.05) is 50.0 Å². The van der Waals surface area contributed by atoms with Crippen molar-refractivity contribution in [2.75, 3.05) is 37.0 Å². The molecule has 32 heavy (non-hydrogen) atoms. The Hall–Kier alpha value is -3.01. The number of hydrogen-bond acceptors (Lipinski definition) is 6. The van der Waals surface area contributed by atoms with Crippen molar-refractivity contribution in [1.82, 2.24) is 19.3 Å². The maximum atomic E-state index is 11.8. The Morgan fingerprint density at radius 2 is 2.09 bits per heavy atom. The number of amides is 1. The minimum atomic E-state index is -0.872. The minimum Gasteiger partial charge on any atom is -0.495 e. The lowest BCUT2D eigenvalue weighted by molar-refractivity contribution is 0.0747. The largest absolute Gasteiger partial charge is 0.495 e. The predicted octanol–water partition coefficient (Wildman–Crippen LogP) is 4.46. The van der Waals surface area contributed by atoms with E-state index < -0.39 is 6.09 Å². The highest BCUT2D eigenvalue weighted by Crippen LogP contribution is 2.36. The second-order valence-corrected chi connectivity index (χ2v) is 9.70. The number of fused-ring (bicyclic) bond motifs is 1. The summed E-state index contributed by atoms with van der Waals surface area (Å²) in [5, 5.41) is 13.0. The topological polar surface area (TPSA) is 95.2 Å². The number of carbonyl (C=O) groups is 1. The summed E-state index contributed by atoms with van der Waals surface area (Å²) in [4.78, 5) is 24.4. The van der Waals surface area contributed by atoms with E-state index in [0.717, 1.165) is 11.4 Å². The third-order valence-corrected chi connectivity index (χ3v) is 6.14. The minimum absolute atomic E-state index is 0.129. The number of benzene rings is 1. The van der Waals surface area contributed by atoms with E-state index in [-0.39, 0.29) is 11.5 Å². The highest BCUT2D eigenvalue weighted by molar-refractivity contribution is 9.10. The Kier molecular flexibility index (Phi) is 5.89. The summed E-state index contributed by atoms with van der Waals surface area (Å²) >= 11 is 3.43. The van der Waals surface area contributed by atoms with Gasteiger partial charge in [-0.2, -0.15) is 0 Å². The van der Waals surface area contributed by atoms with Gasteiger partial charge in [-0.1, -0.05) is 20.8 Å². The van der Waals surface area contributed by atoms with E-state index in [2.05, 4.69) is 56.9 Å². The molecule has 1 aliphatic rings. The van der Waals surface area contributed by atoms with E-state index in [1.54, 1.807) is 18.2 Å². The zero-order valence-electron chi connectivity index (χ0n) is 18.5. The number of anilines is 3. The highest BCUT2D eigenvalue weighted by atomic mass is 79.9. The number of aromatic nitrogens is 3. The van der Waals surface area contributed by atoms with Crippen molar-refractivity contribution in [3.8, 4) is 5.75 Å². The monoisotopic (exact) mass is 502 g/mol. The van der Waals surface area contributed by atoms with Crippen LogP contribution in [-0.4, -0.2) is 63.3 Å². The molecule has 1 amide bonds. The molecule has 4 rings (SSSR count). The molecule has 2 N–H and O–H groups in total. The average Bonchev–Trinajstić information content (AvgIpc) is 3.21. The maximum Gasteiger partial charge on any atom is 0.407 e. The van der Waals surface area contributed by atoms with Crippen molar-refractivity contribution in [3.63, 3.8) is 0 Å². The van der Waals surface area contributed by atoms with Gasteiger partial charge in [-0.05, 0) is 33.5 Å². The molecule has 1 atom stereocenters. The Morgan fingerprint density at radius 1 is 1.31 bits per heavy atom. The van der Waals surface area contributed by atoms with Gasteiger partial charge in [0.1, 0.15) is 10.4 Å². The van der Waals surface area contributed by atoms with E-state index in [1.807, 2.05) is 35.0 Å². The molecular formula is C22H27BrN6O3. The molecule has 3 aromatic rings. The fourth-order valence-corrected chi connectivity index (χ4v) is 4.51. The van der Waals surface area contributed by atoms with Crippen molar-refractivity contribution in [2.45, 2.75) is 26.8 Å². The molecule has 9 nitrogen and oxygen atoms in total. The number of methoxy groups -OCH3 is 1. The maximum absolute atomic E-state index is 11.8. The van der Waals surface area contributed by atoms with Crippen LogP contribution in [0.25, 0.3) is 5.65 Å². The van der Waals surface area contributed by atoms with Gasteiger partial charge in [0.2, 0.25) is 0 Å². The number of rotatable bonds is 4. The van der Waals surface area contributed by atoms with Gasteiger partial charge in [-0.25, -0.2) is 14.8 Å². The normalized spacial score (nSPS) is 17.0. The van der Waals surface area contributed by atoms with Crippen LogP contribution in [0.3, 0.4) is 0 Å². The number of halogens is 1. The molecule has 1 aliphatic heterocycles. The van der Waals surface area contributed by atoms with Crippen LogP contribution in [0.5, 0.6) is 5.75 Å². The lowest BCUT2D eigenvalue weighted by atomic mass is 9.84. The molecule has 0 spiro atoms. The molecule has 1 unspecified atom stereocenters. The van der Waals surface area contributed by atoms with Crippen molar-refractivity contribution in [3.05, 3.63) is 41.4 Å².